The molecule has 0 unspecified atom stereocenters. The second-order valence-corrected chi connectivity index (χ2v) is 6.07. The Balaban J connectivity index is 0.00000144. The summed E-state index contributed by atoms with van der Waals surface area (Å²) in [7, 11) is 0. The van der Waals surface area contributed by atoms with Crippen molar-refractivity contribution in [3.8, 4) is 0 Å². The summed E-state index contributed by atoms with van der Waals surface area (Å²) in [5.74, 6) is 0.0118. The fourth-order valence-corrected chi connectivity index (χ4v) is 3.31. The number of carbonyl (C=O) groups excluding carboxylic acids is 1. The van der Waals surface area contributed by atoms with Crippen molar-refractivity contribution in [2.45, 2.75) is 37.9 Å². The number of benzene rings is 1. The van der Waals surface area contributed by atoms with Gasteiger partial charge in [0, 0.05) is 31.9 Å². The molecule has 0 radical (unpaired) electrons. The molecule has 1 fully saturated rings. The summed E-state index contributed by atoms with van der Waals surface area (Å²) in [5.41, 5.74) is 8.34. The van der Waals surface area contributed by atoms with Crippen molar-refractivity contribution in [2.24, 2.45) is 5.73 Å². The molecule has 3 N–H and O–H groups in total. The second kappa shape index (κ2) is 10.1. The number of nitrogens with one attached hydrogen (secondary N) is 1. The lowest BCUT2D eigenvalue weighted by molar-refractivity contribution is -0.131. The maximum absolute atomic E-state index is 12.0. The van der Waals surface area contributed by atoms with E-state index in [-0.39, 0.29) is 42.9 Å². The first-order valence-electron chi connectivity index (χ1n) is 8.24. The van der Waals surface area contributed by atoms with E-state index in [2.05, 4.69) is 34.5 Å². The van der Waals surface area contributed by atoms with Gasteiger partial charge in [-0.25, -0.2) is 0 Å². The van der Waals surface area contributed by atoms with Crippen molar-refractivity contribution in [3.63, 3.8) is 0 Å². The highest BCUT2D eigenvalue weighted by atomic mass is 35.5. The Hall–Kier alpha value is -1.01. The number of fused-ring (bicyclic) bond motifs is 1. The average Bonchev–Trinajstić information content (AvgIpc) is 3.18. The molecule has 2 heterocycles. The lowest BCUT2D eigenvalue weighted by Gasteiger charge is -2.19. The Labute approximate surface area is 156 Å². The molecule has 5 nitrogen and oxygen atoms in total. The van der Waals surface area contributed by atoms with Crippen LogP contribution in [0.2, 0.25) is 0 Å². The molecule has 2 aliphatic rings. The van der Waals surface area contributed by atoms with E-state index in [4.69, 9.17) is 10.5 Å². The van der Waals surface area contributed by atoms with Gasteiger partial charge in [-0.15, -0.1) is 24.8 Å². The van der Waals surface area contributed by atoms with Crippen LogP contribution >= 0.6 is 24.8 Å². The predicted molar refractivity (Wildman–Crippen MR) is 101 cm³/mol. The summed E-state index contributed by atoms with van der Waals surface area (Å²) in [4.78, 5) is 14.4. The molecule has 136 valence electrons. The molecule has 0 aliphatic carbocycles. The number of carbonyl (C=O) groups is 1. The van der Waals surface area contributed by atoms with Crippen LogP contribution in [0, 0.1) is 0 Å². The van der Waals surface area contributed by atoms with Gasteiger partial charge < -0.3 is 20.7 Å². The van der Waals surface area contributed by atoms with Crippen LogP contribution in [0.5, 0.6) is 0 Å². The smallest absolute Gasteiger partial charge is 0.249 e. The molecular formula is C17H27Cl2N3O2. The molecule has 0 aromatic heterocycles. The normalized spacial score (nSPS) is 21.6. The Morgan fingerprint density at radius 2 is 2.08 bits per heavy atom. The van der Waals surface area contributed by atoms with Gasteiger partial charge in [0.15, 0.2) is 0 Å². The predicted octanol–water partition coefficient (Wildman–Crippen LogP) is 1.91. The highest BCUT2D eigenvalue weighted by Gasteiger charge is 2.29. The standard InChI is InChI=1S/C17H25N3O2.2ClH/c18-12-14-6-7-16(22-14)17(21)19-9-3-10-20-11-8-13-4-1-2-5-15(13)20;;/h1-2,4-5,14,16H,3,6-12,18H2,(H,19,21);2*1H/t14-,16+;;/m1../s1. The van der Waals surface area contributed by atoms with Crippen molar-refractivity contribution in [1.29, 1.82) is 0 Å². The number of halogens is 2. The Morgan fingerprint density at radius 3 is 2.83 bits per heavy atom. The van der Waals surface area contributed by atoms with Crippen molar-refractivity contribution < 1.29 is 9.53 Å². The zero-order valence-corrected chi connectivity index (χ0v) is 15.4. The third-order valence-electron chi connectivity index (χ3n) is 4.55. The average molecular weight is 376 g/mol. The zero-order chi connectivity index (χ0) is 15.4. The molecule has 1 aromatic carbocycles. The minimum absolute atomic E-state index is 0. The van der Waals surface area contributed by atoms with Gasteiger partial charge in [-0.2, -0.15) is 0 Å². The van der Waals surface area contributed by atoms with E-state index in [0.29, 0.717) is 13.1 Å². The molecule has 1 amide bonds. The molecule has 0 bridgehead atoms. The van der Waals surface area contributed by atoms with Gasteiger partial charge >= 0.3 is 0 Å². The largest absolute Gasteiger partial charge is 0.371 e. The van der Waals surface area contributed by atoms with Crippen LogP contribution in [0.3, 0.4) is 0 Å². The fourth-order valence-electron chi connectivity index (χ4n) is 3.31. The molecule has 0 spiro atoms. The Bertz CT molecular complexity index is 530. The summed E-state index contributed by atoms with van der Waals surface area (Å²) < 4.78 is 5.60. The van der Waals surface area contributed by atoms with Crippen molar-refractivity contribution >= 4 is 36.4 Å². The maximum atomic E-state index is 12.0. The van der Waals surface area contributed by atoms with Gasteiger partial charge in [-0.05, 0) is 37.3 Å². The molecule has 0 saturated carbocycles. The van der Waals surface area contributed by atoms with Crippen LogP contribution < -0.4 is 16.0 Å². The summed E-state index contributed by atoms with van der Waals surface area (Å²) in [6, 6.07) is 8.56. The van der Waals surface area contributed by atoms with E-state index in [1.165, 1.54) is 11.3 Å². The molecular weight excluding hydrogens is 349 g/mol. The van der Waals surface area contributed by atoms with Crippen molar-refractivity contribution in [2.75, 3.05) is 31.1 Å². The highest BCUT2D eigenvalue weighted by Crippen LogP contribution is 2.27. The SMILES string of the molecule is Cl.Cl.NC[C@H]1CC[C@@H](C(=O)NCCCN2CCc3ccccc32)O1. The fraction of sp³-hybridized carbons (Fsp3) is 0.588. The number of nitrogens with two attached hydrogens (primary N) is 1. The number of hydrogen-bond donors (Lipinski definition) is 2. The van der Waals surface area contributed by atoms with E-state index in [0.717, 1.165) is 38.8 Å². The first-order chi connectivity index (χ1) is 10.8. The van der Waals surface area contributed by atoms with Crippen LogP contribution in [-0.4, -0.2) is 44.3 Å². The third-order valence-corrected chi connectivity index (χ3v) is 4.55. The lowest BCUT2D eigenvalue weighted by Crippen LogP contribution is -2.37. The van der Waals surface area contributed by atoms with E-state index in [1.54, 1.807) is 0 Å². The molecule has 7 heteroatoms. The van der Waals surface area contributed by atoms with Crippen LogP contribution in [0.25, 0.3) is 0 Å². The molecule has 24 heavy (non-hydrogen) atoms. The molecule has 1 aromatic rings. The van der Waals surface area contributed by atoms with Crippen molar-refractivity contribution in [1.82, 2.24) is 5.32 Å². The van der Waals surface area contributed by atoms with E-state index >= 15 is 0 Å². The van der Waals surface area contributed by atoms with E-state index in [1.807, 2.05) is 0 Å². The molecule has 1 saturated heterocycles. The minimum atomic E-state index is -0.305. The lowest BCUT2D eigenvalue weighted by atomic mass is 10.2. The Morgan fingerprint density at radius 1 is 1.29 bits per heavy atom. The number of nitrogens with zero attached hydrogens (tertiary/aromatic N) is 1. The van der Waals surface area contributed by atoms with Gasteiger partial charge in [0.1, 0.15) is 6.10 Å². The van der Waals surface area contributed by atoms with Crippen LogP contribution in [0.4, 0.5) is 5.69 Å². The summed E-state index contributed by atoms with van der Waals surface area (Å²) >= 11 is 0. The molecule has 2 aliphatic heterocycles. The quantitative estimate of drug-likeness (QED) is 0.745. The van der Waals surface area contributed by atoms with Gasteiger partial charge in [0.25, 0.3) is 0 Å². The number of rotatable bonds is 6. The van der Waals surface area contributed by atoms with Gasteiger partial charge in [-0.3, -0.25) is 4.79 Å². The number of ether oxygens (including phenoxy) is 1. The third kappa shape index (κ3) is 4.99. The van der Waals surface area contributed by atoms with Gasteiger partial charge in [0.2, 0.25) is 5.91 Å². The summed E-state index contributed by atoms with van der Waals surface area (Å²) in [6.45, 7) is 3.26. The molecule has 2 atom stereocenters. The molecule has 3 rings (SSSR count). The second-order valence-electron chi connectivity index (χ2n) is 6.07. The summed E-state index contributed by atoms with van der Waals surface area (Å²) in [6.07, 6.45) is 3.50. The van der Waals surface area contributed by atoms with Gasteiger partial charge in [-0.1, -0.05) is 18.2 Å². The number of anilines is 1. The van der Waals surface area contributed by atoms with E-state index in [9.17, 15) is 4.79 Å². The number of para-hydroxylation sites is 1. The summed E-state index contributed by atoms with van der Waals surface area (Å²) in [5, 5.41) is 2.99. The highest BCUT2D eigenvalue weighted by molar-refractivity contribution is 5.85. The minimum Gasteiger partial charge on any atom is -0.371 e. The maximum Gasteiger partial charge on any atom is 0.249 e. The Kier molecular flexibility index (Phi) is 8.84. The monoisotopic (exact) mass is 375 g/mol. The van der Waals surface area contributed by atoms with Gasteiger partial charge in [0.05, 0.1) is 6.10 Å². The van der Waals surface area contributed by atoms with Crippen LogP contribution in [-0.2, 0) is 16.0 Å². The number of amides is 1. The number of hydrogen-bond acceptors (Lipinski definition) is 4. The van der Waals surface area contributed by atoms with E-state index < -0.39 is 0 Å². The topological polar surface area (TPSA) is 67.6 Å². The first kappa shape index (κ1) is 21.0. The van der Waals surface area contributed by atoms with Crippen LogP contribution in [0.15, 0.2) is 24.3 Å². The van der Waals surface area contributed by atoms with Crippen LogP contribution in [0.1, 0.15) is 24.8 Å². The first-order valence-corrected chi connectivity index (χ1v) is 8.24. The zero-order valence-electron chi connectivity index (χ0n) is 13.8. The van der Waals surface area contributed by atoms with Crippen molar-refractivity contribution in [3.05, 3.63) is 29.8 Å².